The lowest BCUT2D eigenvalue weighted by Gasteiger charge is -2.03. The van der Waals surface area contributed by atoms with E-state index in [1.807, 2.05) is 6.92 Å². The van der Waals surface area contributed by atoms with E-state index in [2.05, 4.69) is 10.3 Å². The fraction of sp³-hybridized carbons (Fsp3) is 0.500. The smallest absolute Gasteiger partial charge is 0.302 e. The molecule has 5 nitrogen and oxygen atoms in total. The maximum absolute atomic E-state index is 10.2. The molecule has 0 aromatic carbocycles. The third-order valence-electron chi connectivity index (χ3n) is 1.33. The number of nitrogens with zero attached hydrogens (tertiary/aromatic N) is 2. The third-order valence-corrected chi connectivity index (χ3v) is 1.33. The van der Waals surface area contributed by atoms with Crippen molar-refractivity contribution in [2.75, 3.05) is 6.54 Å². The molecular weight excluding hydrogens is 146 g/mol. The molecule has 1 aliphatic heterocycles. The van der Waals surface area contributed by atoms with Crippen molar-refractivity contribution in [2.24, 2.45) is 4.99 Å². The van der Waals surface area contributed by atoms with E-state index in [1.54, 1.807) is 0 Å². The summed E-state index contributed by atoms with van der Waals surface area (Å²) in [6.07, 6.45) is 2.65. The molecule has 11 heavy (non-hydrogen) atoms. The first-order valence-electron chi connectivity index (χ1n) is 3.30. The van der Waals surface area contributed by atoms with Crippen molar-refractivity contribution in [1.29, 1.82) is 0 Å². The summed E-state index contributed by atoms with van der Waals surface area (Å²) >= 11 is 0. The van der Waals surface area contributed by atoms with Crippen molar-refractivity contribution in [1.82, 2.24) is 5.32 Å². The highest BCUT2D eigenvalue weighted by Gasteiger charge is 2.10. The highest BCUT2D eigenvalue weighted by atomic mass is 16.6. The zero-order valence-corrected chi connectivity index (χ0v) is 6.15. The van der Waals surface area contributed by atoms with E-state index in [9.17, 15) is 10.1 Å². The topological polar surface area (TPSA) is 67.5 Å². The van der Waals surface area contributed by atoms with Crippen LogP contribution < -0.4 is 5.32 Å². The van der Waals surface area contributed by atoms with E-state index in [0.29, 0.717) is 6.54 Å². The molecule has 0 saturated carbocycles. The zero-order valence-electron chi connectivity index (χ0n) is 6.15. The van der Waals surface area contributed by atoms with E-state index >= 15 is 0 Å². The predicted molar refractivity (Wildman–Crippen MR) is 41.0 cm³/mol. The number of hydrogen-bond donors (Lipinski definition) is 1. The Morgan fingerprint density at radius 2 is 2.64 bits per heavy atom. The third kappa shape index (κ3) is 2.03. The number of nitrogens with one attached hydrogen (secondary N) is 1. The molecule has 0 fully saturated rings. The van der Waals surface area contributed by atoms with Crippen molar-refractivity contribution in [3.05, 3.63) is 22.0 Å². The Bertz CT molecular complexity index is 222. The van der Waals surface area contributed by atoms with Gasteiger partial charge in [0.05, 0.1) is 17.7 Å². The molecule has 0 amide bonds. The van der Waals surface area contributed by atoms with Gasteiger partial charge in [-0.3, -0.25) is 15.1 Å². The average molecular weight is 155 g/mol. The molecule has 0 spiro atoms. The molecule has 60 valence electrons. The van der Waals surface area contributed by atoms with Gasteiger partial charge >= 0.3 is 5.70 Å². The molecule has 1 aliphatic rings. The summed E-state index contributed by atoms with van der Waals surface area (Å²) in [5.74, 6) is 0. The maximum atomic E-state index is 10.2. The monoisotopic (exact) mass is 155 g/mol. The van der Waals surface area contributed by atoms with Gasteiger partial charge in [-0.15, -0.1) is 0 Å². The fourth-order valence-corrected chi connectivity index (χ4v) is 0.722. The number of aliphatic imine (C=N–C) groups is 1. The minimum Gasteiger partial charge on any atom is -0.381 e. The molecular formula is C6H9N3O2. The number of nitro groups is 1. The Hall–Kier alpha value is -1.39. The summed E-state index contributed by atoms with van der Waals surface area (Å²) in [6, 6.07) is 0.170. The Labute approximate surface area is 64.0 Å². The molecule has 1 atom stereocenters. The quantitative estimate of drug-likeness (QED) is 0.433. The van der Waals surface area contributed by atoms with Gasteiger partial charge in [-0.1, -0.05) is 0 Å². The minimum absolute atomic E-state index is 0.00866. The highest BCUT2D eigenvalue weighted by Crippen LogP contribution is 1.95. The summed E-state index contributed by atoms with van der Waals surface area (Å²) in [7, 11) is 0. The summed E-state index contributed by atoms with van der Waals surface area (Å²) in [6.45, 7) is 2.49. The first-order valence-corrected chi connectivity index (χ1v) is 3.30. The van der Waals surface area contributed by atoms with Gasteiger partial charge in [-0.25, -0.2) is 0 Å². The van der Waals surface area contributed by atoms with Crippen LogP contribution in [0, 0.1) is 10.1 Å². The van der Waals surface area contributed by atoms with Gasteiger partial charge in [0.15, 0.2) is 0 Å². The fourth-order valence-electron chi connectivity index (χ4n) is 0.722. The molecule has 0 unspecified atom stereocenters. The lowest BCUT2D eigenvalue weighted by Crippen LogP contribution is -2.22. The summed E-state index contributed by atoms with van der Waals surface area (Å²) in [5.41, 5.74) is 0.00866. The summed E-state index contributed by atoms with van der Waals surface area (Å²) in [5, 5.41) is 13.1. The Morgan fingerprint density at radius 3 is 3.27 bits per heavy atom. The number of hydrogen-bond acceptors (Lipinski definition) is 4. The van der Waals surface area contributed by atoms with Gasteiger partial charge in [0.1, 0.15) is 6.21 Å². The maximum Gasteiger partial charge on any atom is 0.302 e. The number of rotatable bonds is 1. The molecule has 1 heterocycles. The van der Waals surface area contributed by atoms with Crippen LogP contribution in [-0.2, 0) is 0 Å². The first-order chi connectivity index (χ1) is 5.20. The average Bonchev–Trinajstić information content (AvgIpc) is 2.13. The summed E-state index contributed by atoms with van der Waals surface area (Å²) < 4.78 is 0. The van der Waals surface area contributed by atoms with E-state index < -0.39 is 4.92 Å². The highest BCUT2D eigenvalue weighted by molar-refractivity contribution is 5.75. The van der Waals surface area contributed by atoms with Crippen molar-refractivity contribution in [2.45, 2.75) is 13.0 Å². The lowest BCUT2D eigenvalue weighted by molar-refractivity contribution is -0.414. The van der Waals surface area contributed by atoms with Crippen LogP contribution >= 0.6 is 0 Å². The van der Waals surface area contributed by atoms with Gasteiger partial charge in [-0.2, -0.15) is 0 Å². The Balaban J connectivity index is 2.72. The van der Waals surface area contributed by atoms with Gasteiger partial charge in [0.2, 0.25) is 0 Å². The van der Waals surface area contributed by atoms with Crippen LogP contribution in [0.4, 0.5) is 0 Å². The lowest BCUT2D eigenvalue weighted by atomic mass is 10.3. The predicted octanol–water partition coefficient (Wildman–Crippen LogP) is 0.167. The molecule has 5 heteroatoms. The van der Waals surface area contributed by atoms with Crippen molar-refractivity contribution in [3.63, 3.8) is 0 Å². The van der Waals surface area contributed by atoms with Crippen molar-refractivity contribution < 1.29 is 4.92 Å². The van der Waals surface area contributed by atoms with E-state index in [1.165, 1.54) is 12.4 Å². The second-order valence-corrected chi connectivity index (χ2v) is 2.39. The molecule has 1 N–H and O–H groups in total. The Morgan fingerprint density at radius 1 is 1.91 bits per heavy atom. The molecule has 1 rings (SSSR count). The second-order valence-electron chi connectivity index (χ2n) is 2.39. The van der Waals surface area contributed by atoms with Crippen LogP contribution in [0.2, 0.25) is 0 Å². The van der Waals surface area contributed by atoms with Crippen molar-refractivity contribution >= 4 is 6.21 Å². The normalized spacial score (nSPS) is 23.4. The van der Waals surface area contributed by atoms with E-state index in [-0.39, 0.29) is 11.7 Å². The van der Waals surface area contributed by atoms with Crippen molar-refractivity contribution in [3.8, 4) is 0 Å². The molecule has 0 aromatic heterocycles. The second kappa shape index (κ2) is 3.14. The van der Waals surface area contributed by atoms with Crippen LogP contribution in [0.25, 0.3) is 0 Å². The van der Waals surface area contributed by atoms with Crippen LogP contribution in [0.5, 0.6) is 0 Å². The van der Waals surface area contributed by atoms with Crippen LogP contribution in [-0.4, -0.2) is 23.7 Å². The van der Waals surface area contributed by atoms with E-state index in [4.69, 9.17) is 0 Å². The van der Waals surface area contributed by atoms with E-state index in [0.717, 1.165) is 0 Å². The standard InChI is InChI=1S/C6H9N3O2/c1-5-2-7-3-6(4-8-5)9(10)11/h3-5,8H,2H2,1H3/t5-/m1/s1. The van der Waals surface area contributed by atoms with Gasteiger partial charge < -0.3 is 5.32 Å². The zero-order chi connectivity index (χ0) is 8.27. The van der Waals surface area contributed by atoms with Gasteiger partial charge in [0, 0.05) is 6.04 Å². The molecule has 0 bridgehead atoms. The molecule has 0 aliphatic carbocycles. The van der Waals surface area contributed by atoms with Gasteiger partial charge in [0.25, 0.3) is 0 Å². The molecule has 0 radical (unpaired) electrons. The van der Waals surface area contributed by atoms with Crippen LogP contribution in [0.3, 0.4) is 0 Å². The SMILES string of the molecule is C[C@@H]1CN=CC([N+](=O)[O-])=CN1. The van der Waals surface area contributed by atoms with Crippen LogP contribution in [0.15, 0.2) is 16.9 Å². The molecule has 0 aromatic rings. The largest absolute Gasteiger partial charge is 0.381 e. The number of allylic oxidation sites excluding steroid dienone is 1. The van der Waals surface area contributed by atoms with Crippen LogP contribution in [0.1, 0.15) is 6.92 Å². The molecule has 0 saturated heterocycles. The first kappa shape index (κ1) is 7.71. The summed E-state index contributed by atoms with van der Waals surface area (Å²) in [4.78, 5) is 13.6. The van der Waals surface area contributed by atoms with Gasteiger partial charge in [-0.05, 0) is 6.92 Å². The Kier molecular flexibility index (Phi) is 2.20. The minimum atomic E-state index is -0.464.